The van der Waals surface area contributed by atoms with Crippen molar-refractivity contribution in [3.05, 3.63) is 12.2 Å². The SMILES string of the molecule is C=C(C)CC1(CN=C=O)SCCCS1. The van der Waals surface area contributed by atoms with E-state index in [1.54, 1.807) is 6.08 Å². The summed E-state index contributed by atoms with van der Waals surface area (Å²) in [6, 6.07) is 0. The van der Waals surface area contributed by atoms with Gasteiger partial charge in [-0.25, -0.2) is 9.79 Å². The van der Waals surface area contributed by atoms with Gasteiger partial charge in [0.2, 0.25) is 6.08 Å². The second-order valence-corrected chi connectivity index (χ2v) is 6.72. The van der Waals surface area contributed by atoms with Gasteiger partial charge in [0.05, 0.1) is 10.6 Å². The molecule has 0 aliphatic carbocycles. The maximum atomic E-state index is 10.1. The number of hydrogen-bond donors (Lipinski definition) is 0. The number of allylic oxidation sites excluding steroid dienone is 1. The fraction of sp³-hybridized carbons (Fsp3) is 0.700. The summed E-state index contributed by atoms with van der Waals surface area (Å²) in [5.41, 5.74) is 1.16. The molecule has 0 aromatic carbocycles. The highest BCUT2D eigenvalue weighted by Gasteiger charge is 2.33. The van der Waals surface area contributed by atoms with Gasteiger partial charge in [-0.15, -0.1) is 30.1 Å². The Morgan fingerprint density at radius 2 is 2.21 bits per heavy atom. The summed E-state index contributed by atoms with van der Waals surface area (Å²) in [5, 5.41) is 0. The van der Waals surface area contributed by atoms with Crippen molar-refractivity contribution in [1.29, 1.82) is 0 Å². The van der Waals surface area contributed by atoms with Crippen LogP contribution in [0.5, 0.6) is 0 Å². The minimum Gasteiger partial charge on any atom is -0.211 e. The first-order chi connectivity index (χ1) is 6.68. The number of carbonyl (C=O) groups excluding carboxylic acids is 1. The van der Waals surface area contributed by atoms with E-state index in [4.69, 9.17) is 0 Å². The second-order valence-electron chi connectivity index (χ2n) is 3.50. The van der Waals surface area contributed by atoms with Crippen molar-refractivity contribution in [3.63, 3.8) is 0 Å². The molecular formula is C10H15NOS2. The molecule has 1 saturated heterocycles. The van der Waals surface area contributed by atoms with Gasteiger partial charge < -0.3 is 0 Å². The van der Waals surface area contributed by atoms with Crippen LogP contribution in [0.25, 0.3) is 0 Å². The monoisotopic (exact) mass is 229 g/mol. The molecule has 0 unspecified atom stereocenters. The third-order valence-corrected chi connectivity index (χ3v) is 5.27. The van der Waals surface area contributed by atoms with Crippen molar-refractivity contribution >= 4 is 29.6 Å². The zero-order valence-corrected chi connectivity index (χ0v) is 10.0. The number of rotatable bonds is 4. The standard InChI is InChI=1S/C10H15NOS2/c1-9(2)6-10(7-11-8-12)13-4-3-5-14-10/h1,3-7H2,2H3. The number of thioether (sulfide) groups is 2. The number of aliphatic imine (C=N–C) groups is 1. The molecule has 0 saturated carbocycles. The van der Waals surface area contributed by atoms with E-state index in [9.17, 15) is 4.79 Å². The van der Waals surface area contributed by atoms with Crippen molar-refractivity contribution in [2.45, 2.75) is 23.8 Å². The van der Waals surface area contributed by atoms with E-state index in [-0.39, 0.29) is 4.08 Å². The number of hydrogen-bond acceptors (Lipinski definition) is 4. The Labute approximate surface area is 93.6 Å². The van der Waals surface area contributed by atoms with E-state index in [1.165, 1.54) is 6.42 Å². The van der Waals surface area contributed by atoms with Crippen LogP contribution >= 0.6 is 23.5 Å². The highest BCUT2D eigenvalue weighted by Crippen LogP contribution is 2.46. The lowest BCUT2D eigenvalue weighted by Crippen LogP contribution is -2.28. The van der Waals surface area contributed by atoms with E-state index in [0.29, 0.717) is 6.54 Å². The molecule has 1 fully saturated rings. The molecule has 0 bridgehead atoms. The van der Waals surface area contributed by atoms with Gasteiger partial charge in [0.25, 0.3) is 0 Å². The maximum absolute atomic E-state index is 10.1. The summed E-state index contributed by atoms with van der Waals surface area (Å²) in [5.74, 6) is 2.32. The van der Waals surface area contributed by atoms with Gasteiger partial charge in [-0.2, -0.15) is 0 Å². The Bertz CT molecular complexity index is 247. The number of isocyanates is 1. The Hall–Kier alpha value is -0.180. The minimum absolute atomic E-state index is 0.0570. The average Bonchev–Trinajstić information content (AvgIpc) is 2.15. The molecule has 0 N–H and O–H groups in total. The molecule has 1 aliphatic heterocycles. The zero-order valence-electron chi connectivity index (χ0n) is 8.41. The van der Waals surface area contributed by atoms with Crippen LogP contribution in [0.4, 0.5) is 0 Å². The quantitative estimate of drug-likeness (QED) is 0.422. The van der Waals surface area contributed by atoms with E-state index < -0.39 is 0 Å². The summed E-state index contributed by atoms with van der Waals surface area (Å²) >= 11 is 3.82. The molecule has 0 aromatic heterocycles. The molecule has 0 spiro atoms. The van der Waals surface area contributed by atoms with E-state index in [0.717, 1.165) is 23.5 Å². The smallest absolute Gasteiger partial charge is 0.211 e. The van der Waals surface area contributed by atoms with Gasteiger partial charge in [-0.3, -0.25) is 0 Å². The fourth-order valence-electron chi connectivity index (χ4n) is 1.48. The van der Waals surface area contributed by atoms with E-state index in [2.05, 4.69) is 11.6 Å². The van der Waals surface area contributed by atoms with Crippen LogP contribution in [0.3, 0.4) is 0 Å². The average molecular weight is 229 g/mol. The molecule has 14 heavy (non-hydrogen) atoms. The molecule has 1 heterocycles. The van der Waals surface area contributed by atoms with Crippen LogP contribution in [0.2, 0.25) is 0 Å². The third kappa shape index (κ3) is 3.52. The highest BCUT2D eigenvalue weighted by molar-refractivity contribution is 8.18. The van der Waals surface area contributed by atoms with E-state index >= 15 is 0 Å². The van der Waals surface area contributed by atoms with Crippen LogP contribution in [0.15, 0.2) is 17.1 Å². The van der Waals surface area contributed by atoms with Crippen molar-refractivity contribution in [2.24, 2.45) is 4.99 Å². The Balaban J connectivity index is 2.65. The molecule has 78 valence electrons. The summed E-state index contributed by atoms with van der Waals surface area (Å²) < 4.78 is 0.0570. The summed E-state index contributed by atoms with van der Waals surface area (Å²) in [7, 11) is 0. The largest absolute Gasteiger partial charge is 0.235 e. The third-order valence-electron chi connectivity index (χ3n) is 1.97. The highest BCUT2D eigenvalue weighted by atomic mass is 32.2. The van der Waals surface area contributed by atoms with Gasteiger partial charge in [-0.05, 0) is 31.3 Å². The van der Waals surface area contributed by atoms with Crippen LogP contribution in [0.1, 0.15) is 19.8 Å². The Kier molecular flexibility index (Phi) is 4.79. The Morgan fingerprint density at radius 1 is 1.57 bits per heavy atom. The summed E-state index contributed by atoms with van der Waals surface area (Å²) in [4.78, 5) is 13.9. The van der Waals surface area contributed by atoms with Crippen LogP contribution < -0.4 is 0 Å². The first-order valence-electron chi connectivity index (χ1n) is 4.64. The molecule has 1 rings (SSSR count). The van der Waals surface area contributed by atoms with Crippen molar-refractivity contribution in [3.8, 4) is 0 Å². The first kappa shape index (κ1) is 11.9. The minimum atomic E-state index is 0.0570. The summed E-state index contributed by atoms with van der Waals surface area (Å²) in [6.07, 6.45) is 3.82. The van der Waals surface area contributed by atoms with Crippen LogP contribution in [0, 0.1) is 0 Å². The molecule has 4 heteroatoms. The number of nitrogens with zero attached hydrogens (tertiary/aromatic N) is 1. The molecule has 0 radical (unpaired) electrons. The maximum Gasteiger partial charge on any atom is 0.235 e. The van der Waals surface area contributed by atoms with E-state index in [1.807, 2.05) is 30.4 Å². The molecular weight excluding hydrogens is 214 g/mol. The van der Waals surface area contributed by atoms with Crippen molar-refractivity contribution in [1.82, 2.24) is 0 Å². The fourth-order valence-corrected chi connectivity index (χ4v) is 4.82. The second kappa shape index (κ2) is 5.64. The Morgan fingerprint density at radius 3 is 2.71 bits per heavy atom. The lowest BCUT2D eigenvalue weighted by molar-refractivity contribution is 0.562. The molecule has 2 nitrogen and oxygen atoms in total. The summed E-state index contributed by atoms with van der Waals surface area (Å²) in [6.45, 7) is 6.53. The lowest BCUT2D eigenvalue weighted by atomic mass is 10.2. The van der Waals surface area contributed by atoms with Crippen LogP contribution in [-0.2, 0) is 4.79 Å². The predicted octanol–water partition coefficient (Wildman–Crippen LogP) is 2.85. The van der Waals surface area contributed by atoms with Gasteiger partial charge in [0.1, 0.15) is 0 Å². The van der Waals surface area contributed by atoms with Gasteiger partial charge >= 0.3 is 0 Å². The topological polar surface area (TPSA) is 29.4 Å². The molecule has 0 aromatic rings. The van der Waals surface area contributed by atoms with Crippen molar-refractivity contribution < 1.29 is 4.79 Å². The van der Waals surface area contributed by atoms with Gasteiger partial charge in [-0.1, -0.05) is 5.57 Å². The molecule has 0 amide bonds. The zero-order chi connectivity index (χ0) is 10.4. The molecule has 0 atom stereocenters. The van der Waals surface area contributed by atoms with Gasteiger partial charge in [0, 0.05) is 0 Å². The van der Waals surface area contributed by atoms with Crippen LogP contribution in [-0.4, -0.2) is 28.2 Å². The predicted molar refractivity (Wildman–Crippen MR) is 64.7 cm³/mol. The molecule has 1 aliphatic rings. The normalized spacial score (nSPS) is 19.8. The van der Waals surface area contributed by atoms with Crippen molar-refractivity contribution in [2.75, 3.05) is 18.1 Å². The lowest BCUT2D eigenvalue weighted by Gasteiger charge is -2.34. The van der Waals surface area contributed by atoms with Gasteiger partial charge in [0.15, 0.2) is 0 Å². The first-order valence-corrected chi connectivity index (χ1v) is 6.61.